The number of amides is 1. The second-order valence-corrected chi connectivity index (χ2v) is 4.71. The molecule has 0 fully saturated rings. The van der Waals surface area contributed by atoms with Crippen LogP contribution >= 0.6 is 15.9 Å². The summed E-state index contributed by atoms with van der Waals surface area (Å²) >= 11 is 3.36. The van der Waals surface area contributed by atoms with Crippen LogP contribution in [0.25, 0.3) is 0 Å². The Hall–Kier alpha value is -0.870. The van der Waals surface area contributed by atoms with E-state index in [0.29, 0.717) is 19.0 Å². The fourth-order valence-corrected chi connectivity index (χ4v) is 1.48. The number of halogens is 1. The maximum Gasteiger partial charge on any atom is 0.224 e. The van der Waals surface area contributed by atoms with Crippen LogP contribution in [0.4, 0.5) is 0 Å². The van der Waals surface area contributed by atoms with Crippen molar-refractivity contribution in [1.82, 2.24) is 10.6 Å². The summed E-state index contributed by atoms with van der Waals surface area (Å²) in [6.07, 6.45) is 0.434. The first-order valence-corrected chi connectivity index (χ1v) is 6.09. The highest BCUT2D eigenvalue weighted by molar-refractivity contribution is 9.10. The van der Waals surface area contributed by atoms with E-state index >= 15 is 0 Å². The molecule has 0 saturated carbocycles. The Labute approximate surface area is 105 Å². The number of rotatable bonds is 5. The molecule has 4 heteroatoms. The third kappa shape index (κ3) is 4.77. The van der Waals surface area contributed by atoms with Crippen molar-refractivity contribution in [3.63, 3.8) is 0 Å². The van der Waals surface area contributed by atoms with Gasteiger partial charge in [-0.1, -0.05) is 28.1 Å². The van der Waals surface area contributed by atoms with Crippen molar-refractivity contribution in [2.24, 2.45) is 0 Å². The van der Waals surface area contributed by atoms with Gasteiger partial charge in [0.15, 0.2) is 0 Å². The average molecular weight is 285 g/mol. The lowest BCUT2D eigenvalue weighted by Crippen LogP contribution is -2.37. The number of hydrogen-bond donors (Lipinski definition) is 2. The molecule has 0 spiro atoms. The predicted octanol–water partition coefficient (Wildman–Crippen LogP) is 1.72. The first kappa shape index (κ1) is 13.2. The van der Waals surface area contributed by atoms with E-state index in [-0.39, 0.29) is 5.91 Å². The molecule has 2 N–H and O–H groups in total. The monoisotopic (exact) mass is 284 g/mol. The van der Waals surface area contributed by atoms with E-state index in [4.69, 9.17) is 0 Å². The second-order valence-electron chi connectivity index (χ2n) is 3.80. The molecule has 0 saturated heterocycles. The molecule has 0 aromatic heterocycles. The number of carbonyl (C=O) groups excluding carboxylic acids is 1. The smallest absolute Gasteiger partial charge is 0.224 e. The molecule has 88 valence electrons. The maximum absolute atomic E-state index is 11.6. The van der Waals surface area contributed by atoms with Crippen molar-refractivity contribution < 1.29 is 4.79 Å². The van der Waals surface area contributed by atoms with Gasteiger partial charge >= 0.3 is 0 Å². The molecule has 1 amide bonds. The molecular formula is C12H17BrN2O. The van der Waals surface area contributed by atoms with Gasteiger partial charge in [0.1, 0.15) is 0 Å². The summed E-state index contributed by atoms with van der Waals surface area (Å²) in [5.41, 5.74) is 1.03. The van der Waals surface area contributed by atoms with Crippen molar-refractivity contribution >= 4 is 21.8 Å². The number of likely N-dealkylation sites (N-methyl/N-ethyl adjacent to an activating group) is 1. The highest BCUT2D eigenvalue weighted by Gasteiger charge is 2.04. The third-order valence-electron chi connectivity index (χ3n) is 2.38. The van der Waals surface area contributed by atoms with Crippen molar-refractivity contribution in [2.45, 2.75) is 19.4 Å². The molecule has 0 aliphatic heterocycles. The molecule has 1 rings (SSSR count). The Kier molecular flexibility index (Phi) is 5.49. The topological polar surface area (TPSA) is 41.1 Å². The molecule has 0 radical (unpaired) electrons. The lowest BCUT2D eigenvalue weighted by Gasteiger charge is -2.11. The zero-order valence-corrected chi connectivity index (χ0v) is 11.2. The van der Waals surface area contributed by atoms with Crippen molar-refractivity contribution in [1.29, 1.82) is 0 Å². The van der Waals surface area contributed by atoms with Gasteiger partial charge in [-0.25, -0.2) is 0 Å². The molecule has 1 unspecified atom stereocenters. The van der Waals surface area contributed by atoms with Crippen LogP contribution in [-0.2, 0) is 11.2 Å². The molecule has 1 aromatic rings. The van der Waals surface area contributed by atoms with Crippen LogP contribution in [0.15, 0.2) is 28.7 Å². The molecule has 0 aliphatic carbocycles. The van der Waals surface area contributed by atoms with Gasteiger partial charge in [-0.3, -0.25) is 4.79 Å². The largest absolute Gasteiger partial charge is 0.354 e. The molecule has 1 atom stereocenters. The summed E-state index contributed by atoms with van der Waals surface area (Å²) in [4.78, 5) is 11.6. The number of carbonyl (C=O) groups is 1. The zero-order chi connectivity index (χ0) is 12.0. The number of hydrogen-bond acceptors (Lipinski definition) is 2. The van der Waals surface area contributed by atoms with E-state index in [1.54, 1.807) is 0 Å². The van der Waals surface area contributed by atoms with Crippen LogP contribution in [0.3, 0.4) is 0 Å². The fourth-order valence-electron chi connectivity index (χ4n) is 1.22. The van der Waals surface area contributed by atoms with Crippen LogP contribution in [0, 0.1) is 0 Å². The van der Waals surface area contributed by atoms with E-state index in [9.17, 15) is 4.79 Å². The van der Waals surface area contributed by atoms with Gasteiger partial charge < -0.3 is 10.6 Å². The van der Waals surface area contributed by atoms with E-state index in [2.05, 4.69) is 26.6 Å². The quantitative estimate of drug-likeness (QED) is 0.865. The van der Waals surface area contributed by atoms with Crippen molar-refractivity contribution in [3.05, 3.63) is 34.3 Å². The molecule has 0 aliphatic rings. The lowest BCUT2D eigenvalue weighted by atomic mass is 10.1. The summed E-state index contributed by atoms with van der Waals surface area (Å²) in [5.74, 6) is 0.0597. The van der Waals surface area contributed by atoms with Crippen molar-refractivity contribution in [3.8, 4) is 0 Å². The second kappa shape index (κ2) is 6.66. The molecule has 1 aromatic carbocycles. The van der Waals surface area contributed by atoms with Gasteiger partial charge in [0.25, 0.3) is 0 Å². The third-order valence-corrected chi connectivity index (χ3v) is 2.90. The lowest BCUT2D eigenvalue weighted by molar-refractivity contribution is -0.120. The minimum absolute atomic E-state index is 0.0597. The first-order chi connectivity index (χ1) is 7.61. The molecule has 16 heavy (non-hydrogen) atoms. The minimum Gasteiger partial charge on any atom is -0.354 e. The Morgan fingerprint density at radius 2 is 2.00 bits per heavy atom. The van der Waals surface area contributed by atoms with Crippen LogP contribution in [-0.4, -0.2) is 25.5 Å². The molecular weight excluding hydrogens is 268 g/mol. The Morgan fingerprint density at radius 1 is 1.38 bits per heavy atom. The molecule has 3 nitrogen and oxygen atoms in total. The van der Waals surface area contributed by atoms with Gasteiger partial charge in [0.05, 0.1) is 6.42 Å². The van der Waals surface area contributed by atoms with Gasteiger partial charge in [-0.2, -0.15) is 0 Å². The zero-order valence-electron chi connectivity index (χ0n) is 9.59. The summed E-state index contributed by atoms with van der Waals surface area (Å²) in [6, 6.07) is 8.09. The normalized spacial score (nSPS) is 12.2. The number of nitrogens with one attached hydrogen (secondary N) is 2. The molecule has 0 bridgehead atoms. The van der Waals surface area contributed by atoms with E-state index < -0.39 is 0 Å². The maximum atomic E-state index is 11.6. The van der Waals surface area contributed by atoms with Gasteiger partial charge in [0, 0.05) is 17.1 Å². The summed E-state index contributed by atoms with van der Waals surface area (Å²) in [7, 11) is 1.88. The summed E-state index contributed by atoms with van der Waals surface area (Å²) in [5, 5.41) is 5.95. The highest BCUT2D eigenvalue weighted by atomic mass is 79.9. The Bertz CT molecular complexity index is 337. The van der Waals surface area contributed by atoms with Crippen LogP contribution in [0.2, 0.25) is 0 Å². The summed E-state index contributed by atoms with van der Waals surface area (Å²) < 4.78 is 1.03. The van der Waals surface area contributed by atoms with Crippen LogP contribution in [0.5, 0.6) is 0 Å². The SMILES string of the molecule is CNC(C)CNC(=O)Cc1ccc(Br)cc1. The number of benzene rings is 1. The Morgan fingerprint density at radius 3 is 2.56 bits per heavy atom. The average Bonchev–Trinajstić information content (AvgIpc) is 2.29. The highest BCUT2D eigenvalue weighted by Crippen LogP contribution is 2.10. The first-order valence-electron chi connectivity index (χ1n) is 5.30. The molecule has 0 heterocycles. The summed E-state index contributed by atoms with van der Waals surface area (Å²) in [6.45, 7) is 2.69. The van der Waals surface area contributed by atoms with Crippen LogP contribution < -0.4 is 10.6 Å². The van der Waals surface area contributed by atoms with Gasteiger partial charge in [-0.15, -0.1) is 0 Å². The standard InChI is InChI=1S/C12H17BrN2O/c1-9(14-2)8-15-12(16)7-10-3-5-11(13)6-4-10/h3-6,9,14H,7-8H2,1-2H3,(H,15,16). The predicted molar refractivity (Wildman–Crippen MR) is 69.4 cm³/mol. The van der Waals surface area contributed by atoms with Crippen LogP contribution in [0.1, 0.15) is 12.5 Å². The van der Waals surface area contributed by atoms with Crippen molar-refractivity contribution in [2.75, 3.05) is 13.6 Å². The Balaban J connectivity index is 2.37. The fraction of sp³-hybridized carbons (Fsp3) is 0.417. The van der Waals surface area contributed by atoms with E-state index in [1.165, 1.54) is 0 Å². The minimum atomic E-state index is 0.0597. The van der Waals surface area contributed by atoms with Gasteiger partial charge in [-0.05, 0) is 31.7 Å². The van der Waals surface area contributed by atoms with Gasteiger partial charge in [0.2, 0.25) is 5.91 Å². The van der Waals surface area contributed by atoms with E-state index in [1.807, 2.05) is 38.2 Å². The van der Waals surface area contributed by atoms with E-state index in [0.717, 1.165) is 10.0 Å².